The van der Waals surface area contributed by atoms with E-state index in [2.05, 4.69) is 46.1 Å². The number of aliphatic hydroxyl groups excluding tert-OH is 2. The normalized spacial score (nSPS) is 41.7. The number of rotatable bonds is 6. The van der Waals surface area contributed by atoms with Gasteiger partial charge >= 0.3 is 5.97 Å². The van der Waals surface area contributed by atoms with Crippen LogP contribution in [-0.4, -0.2) is 34.5 Å². The van der Waals surface area contributed by atoms with E-state index < -0.39 is 12.2 Å². The van der Waals surface area contributed by atoms with E-state index in [0.29, 0.717) is 36.2 Å². The van der Waals surface area contributed by atoms with Gasteiger partial charge in [-0.1, -0.05) is 58.1 Å². The van der Waals surface area contributed by atoms with Crippen molar-refractivity contribution in [1.29, 1.82) is 0 Å². The lowest BCUT2D eigenvalue weighted by Gasteiger charge is -2.44. The molecule has 0 aromatic heterocycles. The van der Waals surface area contributed by atoms with E-state index in [0.717, 1.165) is 36.8 Å². The zero-order chi connectivity index (χ0) is 24.6. The molecule has 0 unspecified atom stereocenters. The number of fused-ring (bicyclic) bond motifs is 1. The summed E-state index contributed by atoms with van der Waals surface area (Å²) in [6.07, 6.45) is 13.2. The molecular formula is C30H44O4. The molecule has 3 saturated carbocycles. The summed E-state index contributed by atoms with van der Waals surface area (Å²) in [5.74, 6) is 1.68. The number of hydrogen-bond acceptors (Lipinski definition) is 4. The molecule has 188 valence electrons. The van der Waals surface area contributed by atoms with Crippen molar-refractivity contribution in [3.8, 4) is 0 Å². The first-order valence-electron chi connectivity index (χ1n) is 13.5. The minimum Gasteiger partial charge on any atom is -0.458 e. The molecule has 1 heterocycles. The Bertz CT molecular complexity index is 882. The van der Waals surface area contributed by atoms with Gasteiger partial charge in [0.1, 0.15) is 6.10 Å². The van der Waals surface area contributed by atoms with Gasteiger partial charge in [-0.25, -0.2) is 4.79 Å². The quantitative estimate of drug-likeness (QED) is 0.368. The van der Waals surface area contributed by atoms with Crippen molar-refractivity contribution >= 4 is 5.97 Å². The van der Waals surface area contributed by atoms with E-state index in [-0.39, 0.29) is 23.4 Å². The van der Waals surface area contributed by atoms with Crippen molar-refractivity contribution in [3.05, 3.63) is 47.6 Å². The van der Waals surface area contributed by atoms with Crippen molar-refractivity contribution in [2.75, 3.05) is 0 Å². The Morgan fingerprint density at radius 3 is 2.71 bits per heavy atom. The molecule has 4 heteroatoms. The van der Waals surface area contributed by atoms with Crippen LogP contribution in [0, 0.1) is 29.1 Å². The SMILES string of the molecule is C=C1/C(=C\C=C2/CCC[C@]3(C)[C@@H]([C@H](C)C[C@H]4OC(=O)C(=C)[C@@H]4CCC)CC[C@@H]23)C[C@@H](O)C[C@@H]1O. The molecule has 4 fully saturated rings. The van der Waals surface area contributed by atoms with Crippen LogP contribution in [0.5, 0.6) is 0 Å². The first kappa shape index (κ1) is 25.4. The summed E-state index contributed by atoms with van der Waals surface area (Å²) >= 11 is 0. The Kier molecular flexibility index (Phi) is 7.59. The molecule has 0 amide bonds. The fraction of sp³-hybridized carbons (Fsp3) is 0.700. The van der Waals surface area contributed by atoms with E-state index in [1.165, 1.54) is 31.3 Å². The standard InChI is InChI=1S/C30H44O4/c1-6-8-24-20(4)29(33)34-28(24)15-18(2)25-12-13-26-21(9-7-14-30(25,26)5)10-11-22-16-23(31)17-27(32)19(22)3/h10-11,18,23-28,31-32H,3-4,6-9,12-17H2,1-2,5H3/b21-10+,22-11-/t18-,23-,24+,25-,26+,27+,28-,30-/m1/s1. The number of hydrogen-bond donors (Lipinski definition) is 2. The van der Waals surface area contributed by atoms with Gasteiger partial charge in [-0.15, -0.1) is 0 Å². The molecule has 0 aromatic rings. The van der Waals surface area contributed by atoms with Gasteiger partial charge in [-0.2, -0.15) is 0 Å². The molecule has 0 spiro atoms. The molecule has 0 radical (unpaired) electrons. The van der Waals surface area contributed by atoms with Crippen LogP contribution in [0.1, 0.15) is 85.0 Å². The highest BCUT2D eigenvalue weighted by molar-refractivity contribution is 5.90. The minimum absolute atomic E-state index is 0.0175. The molecule has 1 aliphatic heterocycles. The smallest absolute Gasteiger partial charge is 0.334 e. The van der Waals surface area contributed by atoms with Crippen molar-refractivity contribution in [3.63, 3.8) is 0 Å². The summed E-state index contributed by atoms with van der Waals surface area (Å²) in [6.45, 7) is 15.1. The lowest BCUT2D eigenvalue weighted by molar-refractivity contribution is -0.140. The second-order valence-electron chi connectivity index (χ2n) is 11.7. The summed E-state index contributed by atoms with van der Waals surface area (Å²) in [4.78, 5) is 12.2. The minimum atomic E-state index is -0.640. The largest absolute Gasteiger partial charge is 0.458 e. The molecular weight excluding hydrogens is 424 g/mol. The number of allylic oxidation sites excluding steroid dienone is 3. The average Bonchev–Trinajstić information content (AvgIpc) is 3.27. The van der Waals surface area contributed by atoms with Crippen LogP contribution in [0.3, 0.4) is 0 Å². The molecule has 0 bridgehead atoms. The average molecular weight is 469 g/mol. The van der Waals surface area contributed by atoms with Crippen LogP contribution >= 0.6 is 0 Å². The van der Waals surface area contributed by atoms with Crippen LogP contribution in [0.25, 0.3) is 0 Å². The van der Waals surface area contributed by atoms with Crippen molar-refractivity contribution in [1.82, 2.24) is 0 Å². The van der Waals surface area contributed by atoms with E-state index >= 15 is 0 Å². The van der Waals surface area contributed by atoms with Crippen LogP contribution in [0.15, 0.2) is 47.6 Å². The topological polar surface area (TPSA) is 66.8 Å². The van der Waals surface area contributed by atoms with E-state index in [1.54, 1.807) is 0 Å². The third kappa shape index (κ3) is 4.73. The molecule has 4 aliphatic rings. The number of ether oxygens (including phenoxy) is 1. The Labute approximate surface area is 205 Å². The summed E-state index contributed by atoms with van der Waals surface area (Å²) in [5, 5.41) is 20.3. The highest BCUT2D eigenvalue weighted by Gasteiger charge is 2.51. The molecule has 0 aromatic carbocycles. The highest BCUT2D eigenvalue weighted by atomic mass is 16.6. The second-order valence-corrected chi connectivity index (χ2v) is 11.7. The summed E-state index contributed by atoms with van der Waals surface area (Å²) in [6, 6.07) is 0. The Balaban J connectivity index is 1.48. The molecule has 2 N–H and O–H groups in total. The Hall–Kier alpha value is -1.65. The zero-order valence-electron chi connectivity index (χ0n) is 21.4. The van der Waals surface area contributed by atoms with Crippen LogP contribution in [0.4, 0.5) is 0 Å². The maximum absolute atomic E-state index is 12.2. The fourth-order valence-electron chi connectivity index (χ4n) is 7.76. The van der Waals surface area contributed by atoms with Gasteiger partial charge in [0.05, 0.1) is 12.2 Å². The Morgan fingerprint density at radius 1 is 1.21 bits per heavy atom. The molecule has 1 saturated heterocycles. The van der Waals surface area contributed by atoms with Gasteiger partial charge in [-0.05, 0) is 85.7 Å². The van der Waals surface area contributed by atoms with Crippen LogP contribution < -0.4 is 0 Å². The number of carbonyl (C=O) groups excluding carboxylic acids is 1. The molecule has 3 aliphatic carbocycles. The van der Waals surface area contributed by atoms with E-state index in [4.69, 9.17) is 4.74 Å². The number of cyclic esters (lactones) is 1. The molecule has 8 atom stereocenters. The number of esters is 1. The van der Waals surface area contributed by atoms with Gasteiger partial charge in [0.2, 0.25) is 0 Å². The zero-order valence-corrected chi connectivity index (χ0v) is 21.4. The highest BCUT2D eigenvalue weighted by Crippen LogP contribution is 2.60. The molecule has 4 rings (SSSR count). The first-order chi connectivity index (χ1) is 16.2. The fourth-order valence-corrected chi connectivity index (χ4v) is 7.76. The number of aliphatic hydroxyl groups is 2. The third-order valence-electron chi connectivity index (χ3n) is 9.61. The van der Waals surface area contributed by atoms with Gasteiger partial charge in [0.15, 0.2) is 0 Å². The van der Waals surface area contributed by atoms with Crippen LogP contribution in [-0.2, 0) is 9.53 Å². The molecule has 4 nitrogen and oxygen atoms in total. The van der Waals surface area contributed by atoms with Crippen LogP contribution in [0.2, 0.25) is 0 Å². The second kappa shape index (κ2) is 10.1. The maximum atomic E-state index is 12.2. The molecule has 34 heavy (non-hydrogen) atoms. The van der Waals surface area contributed by atoms with Gasteiger partial charge < -0.3 is 14.9 Å². The van der Waals surface area contributed by atoms with Crippen molar-refractivity contribution in [2.24, 2.45) is 29.1 Å². The first-order valence-corrected chi connectivity index (χ1v) is 13.5. The lowest BCUT2D eigenvalue weighted by atomic mass is 9.60. The summed E-state index contributed by atoms with van der Waals surface area (Å²) in [7, 11) is 0. The lowest BCUT2D eigenvalue weighted by Crippen LogP contribution is -2.37. The van der Waals surface area contributed by atoms with Crippen molar-refractivity contribution < 1.29 is 19.7 Å². The van der Waals surface area contributed by atoms with E-state index in [9.17, 15) is 15.0 Å². The van der Waals surface area contributed by atoms with Gasteiger partial charge in [0, 0.05) is 17.9 Å². The maximum Gasteiger partial charge on any atom is 0.334 e. The Morgan fingerprint density at radius 2 is 1.97 bits per heavy atom. The summed E-state index contributed by atoms with van der Waals surface area (Å²) in [5.41, 5.74) is 4.20. The predicted octanol–water partition coefficient (Wildman–Crippen LogP) is 6.05. The summed E-state index contributed by atoms with van der Waals surface area (Å²) < 4.78 is 5.79. The monoisotopic (exact) mass is 468 g/mol. The number of carbonyl (C=O) groups is 1. The van der Waals surface area contributed by atoms with Gasteiger partial charge in [-0.3, -0.25) is 0 Å². The van der Waals surface area contributed by atoms with Crippen molar-refractivity contribution in [2.45, 2.75) is 103 Å². The third-order valence-corrected chi connectivity index (χ3v) is 9.61. The van der Waals surface area contributed by atoms with Gasteiger partial charge in [0.25, 0.3) is 0 Å². The van der Waals surface area contributed by atoms with E-state index in [1.807, 2.05) is 0 Å². The predicted molar refractivity (Wildman–Crippen MR) is 136 cm³/mol.